The fraction of sp³-hybridized carbons (Fsp3) is 0.111. The highest BCUT2D eigenvalue weighted by atomic mass is 16.4. The van der Waals surface area contributed by atoms with Crippen LogP contribution in [0.2, 0.25) is 0 Å². The van der Waals surface area contributed by atoms with E-state index in [-0.39, 0.29) is 12.5 Å². The van der Waals surface area contributed by atoms with Gasteiger partial charge in [0.2, 0.25) is 5.95 Å². The van der Waals surface area contributed by atoms with E-state index in [2.05, 4.69) is 25.6 Å². The number of anilines is 3. The summed E-state index contributed by atoms with van der Waals surface area (Å²) in [6.07, 6.45) is 1.68. The van der Waals surface area contributed by atoms with Crippen molar-refractivity contribution in [3.63, 3.8) is 0 Å². The van der Waals surface area contributed by atoms with Crippen LogP contribution in [-0.2, 0) is 4.79 Å². The highest BCUT2D eigenvalue weighted by molar-refractivity contribution is 5.72. The summed E-state index contributed by atoms with van der Waals surface area (Å²) in [4.78, 5) is 23.7. The summed E-state index contributed by atoms with van der Waals surface area (Å²) in [5.41, 5.74) is 3.31. The maximum atomic E-state index is 10.8. The Morgan fingerprint density at radius 2 is 1.88 bits per heavy atom. The van der Waals surface area contributed by atoms with Crippen LogP contribution in [0.25, 0.3) is 11.4 Å². The number of carboxylic acid groups (broad SMARTS) is 1. The number of aryl methyl sites for hydroxylation is 1. The number of hydrogen-bond acceptors (Lipinski definition) is 6. The first kappa shape index (κ1) is 16.4. The third kappa shape index (κ3) is 4.51. The third-order valence-corrected chi connectivity index (χ3v) is 3.38. The quantitative estimate of drug-likeness (QED) is 0.636. The lowest BCUT2D eigenvalue weighted by molar-refractivity contribution is -0.134. The minimum absolute atomic E-state index is 0.222. The van der Waals surface area contributed by atoms with Gasteiger partial charge in [-0.05, 0) is 31.2 Å². The average molecular weight is 335 g/mol. The first-order valence-corrected chi connectivity index (χ1v) is 7.70. The second-order valence-corrected chi connectivity index (χ2v) is 5.42. The van der Waals surface area contributed by atoms with Crippen LogP contribution in [-0.4, -0.2) is 32.6 Å². The maximum Gasteiger partial charge on any atom is 0.322 e. The first-order valence-electron chi connectivity index (χ1n) is 7.70. The summed E-state index contributed by atoms with van der Waals surface area (Å²) in [5.74, 6) is -0.215. The molecule has 2 aromatic heterocycles. The zero-order valence-electron chi connectivity index (χ0n) is 13.6. The van der Waals surface area contributed by atoms with Crippen LogP contribution in [0, 0.1) is 6.92 Å². The van der Waals surface area contributed by atoms with E-state index in [1.807, 2.05) is 49.4 Å². The van der Waals surface area contributed by atoms with Crippen molar-refractivity contribution >= 4 is 23.4 Å². The number of benzene rings is 1. The molecule has 25 heavy (non-hydrogen) atoms. The summed E-state index contributed by atoms with van der Waals surface area (Å²) in [5, 5.41) is 14.7. The molecule has 0 fully saturated rings. The van der Waals surface area contributed by atoms with Gasteiger partial charge in [0.1, 0.15) is 12.4 Å². The number of nitrogens with zero attached hydrogens (tertiary/aromatic N) is 3. The Kier molecular flexibility index (Phi) is 4.84. The highest BCUT2D eigenvalue weighted by Gasteiger charge is 2.09. The predicted molar refractivity (Wildman–Crippen MR) is 95.9 cm³/mol. The summed E-state index contributed by atoms with van der Waals surface area (Å²) in [7, 11) is 0. The Morgan fingerprint density at radius 3 is 2.56 bits per heavy atom. The molecule has 0 unspecified atom stereocenters. The number of rotatable bonds is 6. The van der Waals surface area contributed by atoms with E-state index < -0.39 is 5.97 Å². The van der Waals surface area contributed by atoms with Crippen molar-refractivity contribution in [2.75, 3.05) is 17.2 Å². The zero-order valence-corrected chi connectivity index (χ0v) is 13.6. The molecule has 0 aliphatic rings. The molecule has 0 radical (unpaired) electrons. The average Bonchev–Trinajstić information content (AvgIpc) is 2.62. The van der Waals surface area contributed by atoms with Crippen LogP contribution in [0.5, 0.6) is 0 Å². The van der Waals surface area contributed by atoms with Crippen LogP contribution in [0.3, 0.4) is 0 Å². The highest BCUT2D eigenvalue weighted by Crippen LogP contribution is 2.22. The van der Waals surface area contributed by atoms with E-state index >= 15 is 0 Å². The number of hydrogen-bond donors (Lipinski definition) is 3. The molecule has 0 saturated heterocycles. The predicted octanol–water partition coefficient (Wildman–Crippen LogP) is 3.09. The van der Waals surface area contributed by atoms with Gasteiger partial charge < -0.3 is 15.7 Å². The van der Waals surface area contributed by atoms with E-state index in [1.54, 1.807) is 12.3 Å². The molecule has 0 saturated carbocycles. The van der Waals surface area contributed by atoms with Gasteiger partial charge in [-0.15, -0.1) is 0 Å². The lowest BCUT2D eigenvalue weighted by Crippen LogP contribution is -2.15. The molecule has 3 N–H and O–H groups in total. The Morgan fingerprint density at radius 1 is 1.08 bits per heavy atom. The SMILES string of the molecule is Cc1ccc(Nc2cc(-c3ccccn3)nc(NCC(=O)O)n2)cc1. The molecule has 3 aromatic rings. The van der Waals surface area contributed by atoms with E-state index in [9.17, 15) is 4.79 Å². The summed E-state index contributed by atoms with van der Waals surface area (Å²) in [6.45, 7) is 1.75. The molecule has 0 aliphatic heterocycles. The number of aromatic nitrogens is 3. The van der Waals surface area contributed by atoms with Gasteiger partial charge in [-0.1, -0.05) is 23.8 Å². The second kappa shape index (κ2) is 7.39. The lowest BCUT2D eigenvalue weighted by Gasteiger charge is -2.10. The van der Waals surface area contributed by atoms with Crippen molar-refractivity contribution in [2.24, 2.45) is 0 Å². The number of aliphatic carboxylic acids is 1. The van der Waals surface area contributed by atoms with E-state index in [0.717, 1.165) is 11.3 Å². The minimum Gasteiger partial charge on any atom is -0.480 e. The van der Waals surface area contributed by atoms with Crippen LogP contribution in [0.4, 0.5) is 17.5 Å². The standard InChI is InChI=1S/C18H17N5O2/c1-12-5-7-13(8-6-12)21-16-10-15(14-4-2-3-9-19-14)22-18(23-16)20-11-17(24)25/h2-10H,11H2,1H3,(H,24,25)(H2,20,21,22,23). The summed E-state index contributed by atoms with van der Waals surface area (Å²) >= 11 is 0. The molecule has 0 bridgehead atoms. The van der Waals surface area contributed by atoms with Gasteiger partial charge >= 0.3 is 5.97 Å². The lowest BCUT2D eigenvalue weighted by atomic mass is 10.2. The molecule has 3 rings (SSSR count). The smallest absolute Gasteiger partial charge is 0.322 e. The Balaban J connectivity index is 1.93. The fourth-order valence-corrected chi connectivity index (χ4v) is 2.18. The normalized spacial score (nSPS) is 10.3. The Labute approximate surface area is 144 Å². The summed E-state index contributed by atoms with van der Waals surface area (Å²) in [6, 6.07) is 15.2. The number of carboxylic acids is 1. The van der Waals surface area contributed by atoms with Crippen molar-refractivity contribution in [2.45, 2.75) is 6.92 Å². The van der Waals surface area contributed by atoms with Crippen LogP contribution >= 0.6 is 0 Å². The molecule has 2 heterocycles. The molecule has 0 spiro atoms. The molecule has 0 atom stereocenters. The number of nitrogens with one attached hydrogen (secondary N) is 2. The Bertz CT molecular complexity index is 866. The molecular weight excluding hydrogens is 318 g/mol. The molecule has 7 heteroatoms. The molecule has 0 aliphatic carbocycles. The number of carbonyl (C=O) groups is 1. The van der Waals surface area contributed by atoms with E-state index in [4.69, 9.17) is 5.11 Å². The van der Waals surface area contributed by atoms with Gasteiger partial charge in [0.05, 0.1) is 11.4 Å². The topological polar surface area (TPSA) is 100 Å². The molecule has 126 valence electrons. The fourth-order valence-electron chi connectivity index (χ4n) is 2.18. The van der Waals surface area contributed by atoms with Crippen LogP contribution < -0.4 is 10.6 Å². The largest absolute Gasteiger partial charge is 0.480 e. The van der Waals surface area contributed by atoms with Gasteiger partial charge in [-0.25, -0.2) is 4.98 Å². The van der Waals surface area contributed by atoms with Gasteiger partial charge in [0.15, 0.2) is 0 Å². The van der Waals surface area contributed by atoms with E-state index in [0.29, 0.717) is 17.2 Å². The molecule has 7 nitrogen and oxygen atoms in total. The minimum atomic E-state index is -0.986. The van der Waals surface area contributed by atoms with Crippen molar-refractivity contribution in [1.29, 1.82) is 0 Å². The summed E-state index contributed by atoms with van der Waals surface area (Å²) < 4.78 is 0. The van der Waals surface area contributed by atoms with Gasteiger partial charge in [0, 0.05) is 18.0 Å². The number of pyridine rings is 1. The van der Waals surface area contributed by atoms with Gasteiger partial charge in [-0.2, -0.15) is 4.98 Å². The van der Waals surface area contributed by atoms with Gasteiger partial charge in [0.25, 0.3) is 0 Å². The second-order valence-electron chi connectivity index (χ2n) is 5.42. The van der Waals surface area contributed by atoms with Crippen molar-refractivity contribution in [3.05, 3.63) is 60.3 Å². The molecule has 1 aromatic carbocycles. The zero-order chi connectivity index (χ0) is 17.6. The van der Waals surface area contributed by atoms with Crippen molar-refractivity contribution in [3.8, 4) is 11.4 Å². The van der Waals surface area contributed by atoms with Crippen molar-refractivity contribution in [1.82, 2.24) is 15.0 Å². The molecule has 0 amide bonds. The monoisotopic (exact) mass is 335 g/mol. The maximum absolute atomic E-state index is 10.8. The van der Waals surface area contributed by atoms with Gasteiger partial charge in [-0.3, -0.25) is 9.78 Å². The molecular formula is C18H17N5O2. The first-order chi connectivity index (χ1) is 12.1. The van der Waals surface area contributed by atoms with Crippen LogP contribution in [0.15, 0.2) is 54.7 Å². The third-order valence-electron chi connectivity index (χ3n) is 3.38. The van der Waals surface area contributed by atoms with E-state index in [1.165, 1.54) is 0 Å². The Hall–Kier alpha value is -3.48. The van der Waals surface area contributed by atoms with Crippen LogP contribution in [0.1, 0.15) is 5.56 Å². The van der Waals surface area contributed by atoms with Crippen molar-refractivity contribution < 1.29 is 9.90 Å².